The number of benzene rings is 2. The fourth-order valence-electron chi connectivity index (χ4n) is 1.58. The molecule has 0 radical (unpaired) electrons. The van der Waals surface area contributed by atoms with Gasteiger partial charge in [-0.25, -0.2) is 0 Å². The van der Waals surface area contributed by atoms with Crippen LogP contribution in [0.25, 0.3) is 0 Å². The van der Waals surface area contributed by atoms with Gasteiger partial charge in [-0.15, -0.1) is 0 Å². The van der Waals surface area contributed by atoms with Crippen LogP contribution in [0.4, 0.5) is 5.69 Å². The Labute approximate surface area is 106 Å². The smallest absolute Gasteiger partial charge is 0.108 e. The highest BCUT2D eigenvalue weighted by Gasteiger charge is 2.03. The van der Waals surface area contributed by atoms with Crippen LogP contribution in [0.3, 0.4) is 0 Å². The maximum atomic E-state index is 5.86. The highest BCUT2D eigenvalue weighted by molar-refractivity contribution is 7.80. The lowest BCUT2D eigenvalue weighted by molar-refractivity contribution is 0.929. The van der Waals surface area contributed by atoms with Crippen LogP contribution in [0.2, 0.25) is 0 Å². The first-order valence-corrected chi connectivity index (χ1v) is 5.85. The fourth-order valence-corrected chi connectivity index (χ4v) is 1.84. The van der Waals surface area contributed by atoms with Crippen LogP contribution in [0.5, 0.6) is 0 Å². The van der Waals surface area contributed by atoms with Crippen LogP contribution in [-0.2, 0) is 6.54 Å². The largest absolute Gasteiger partial charge is 0.398 e. The standard InChI is InChI=1S/C14H14N2S/c15-13-9-5-4-8-12(13)14(17)16-10-11-6-2-1-3-7-11/h1-9H,10,15H2,(H,16,17). The summed E-state index contributed by atoms with van der Waals surface area (Å²) in [5.41, 5.74) is 8.66. The monoisotopic (exact) mass is 242 g/mol. The van der Waals surface area contributed by atoms with Crippen molar-refractivity contribution < 1.29 is 0 Å². The van der Waals surface area contributed by atoms with Crippen molar-refractivity contribution in [1.29, 1.82) is 0 Å². The second-order valence-electron chi connectivity index (χ2n) is 3.76. The summed E-state index contributed by atoms with van der Waals surface area (Å²) in [4.78, 5) is 0.687. The Bertz CT molecular complexity index is 509. The maximum absolute atomic E-state index is 5.86. The Morgan fingerprint density at radius 3 is 2.35 bits per heavy atom. The number of nitrogen functional groups attached to an aromatic ring is 1. The van der Waals surface area contributed by atoms with Crippen molar-refractivity contribution in [3.05, 3.63) is 65.7 Å². The van der Waals surface area contributed by atoms with Gasteiger partial charge in [0.15, 0.2) is 0 Å². The first-order valence-electron chi connectivity index (χ1n) is 5.44. The molecule has 0 unspecified atom stereocenters. The Kier molecular flexibility index (Phi) is 3.73. The van der Waals surface area contributed by atoms with Gasteiger partial charge in [0, 0.05) is 17.8 Å². The van der Waals surface area contributed by atoms with Crippen LogP contribution in [0.15, 0.2) is 54.6 Å². The SMILES string of the molecule is Nc1ccccc1C(=S)NCc1ccccc1. The lowest BCUT2D eigenvalue weighted by atomic mass is 10.1. The van der Waals surface area contributed by atoms with Crippen LogP contribution >= 0.6 is 12.2 Å². The minimum atomic E-state index is 0.687. The van der Waals surface area contributed by atoms with Gasteiger partial charge >= 0.3 is 0 Å². The van der Waals surface area contributed by atoms with Crippen LogP contribution in [0, 0.1) is 0 Å². The van der Waals surface area contributed by atoms with Gasteiger partial charge in [-0.3, -0.25) is 0 Å². The molecule has 17 heavy (non-hydrogen) atoms. The molecule has 2 rings (SSSR count). The number of para-hydroxylation sites is 1. The molecule has 3 N–H and O–H groups in total. The van der Waals surface area contributed by atoms with Gasteiger partial charge in [0.05, 0.1) is 0 Å². The molecule has 0 aliphatic carbocycles. The Morgan fingerprint density at radius 2 is 1.65 bits per heavy atom. The number of rotatable bonds is 3. The van der Waals surface area contributed by atoms with Crippen LogP contribution in [-0.4, -0.2) is 4.99 Å². The quantitative estimate of drug-likeness (QED) is 0.642. The molecule has 0 aromatic heterocycles. The third kappa shape index (κ3) is 3.04. The number of hydrogen-bond acceptors (Lipinski definition) is 2. The van der Waals surface area contributed by atoms with Crippen molar-refractivity contribution in [1.82, 2.24) is 5.32 Å². The molecule has 0 aliphatic rings. The molecule has 0 bridgehead atoms. The summed E-state index contributed by atoms with van der Waals surface area (Å²) in [5, 5.41) is 3.21. The summed E-state index contributed by atoms with van der Waals surface area (Å²) in [7, 11) is 0. The maximum Gasteiger partial charge on any atom is 0.108 e. The Hall–Kier alpha value is -1.87. The molecule has 0 spiro atoms. The van der Waals surface area contributed by atoms with E-state index >= 15 is 0 Å². The molecular formula is C14H14N2S. The number of thiocarbonyl (C=S) groups is 1. The summed E-state index contributed by atoms with van der Waals surface area (Å²) in [6.45, 7) is 0.716. The Morgan fingerprint density at radius 1 is 1.00 bits per heavy atom. The van der Waals surface area contributed by atoms with Crippen molar-refractivity contribution in [2.24, 2.45) is 0 Å². The molecule has 0 amide bonds. The van der Waals surface area contributed by atoms with E-state index in [1.54, 1.807) is 0 Å². The third-order valence-electron chi connectivity index (χ3n) is 2.50. The second-order valence-corrected chi connectivity index (χ2v) is 4.16. The average molecular weight is 242 g/mol. The first kappa shape index (κ1) is 11.6. The average Bonchev–Trinajstić information content (AvgIpc) is 2.38. The third-order valence-corrected chi connectivity index (χ3v) is 2.87. The highest BCUT2D eigenvalue weighted by Crippen LogP contribution is 2.11. The van der Waals surface area contributed by atoms with Gasteiger partial charge in [-0.2, -0.15) is 0 Å². The molecule has 0 saturated heterocycles. The zero-order valence-corrected chi connectivity index (χ0v) is 10.2. The van der Waals surface area contributed by atoms with E-state index < -0.39 is 0 Å². The van der Waals surface area contributed by atoms with Gasteiger partial charge in [0.2, 0.25) is 0 Å². The van der Waals surface area contributed by atoms with Crippen molar-refractivity contribution in [3.8, 4) is 0 Å². The van der Waals surface area contributed by atoms with E-state index in [1.165, 1.54) is 5.56 Å². The molecule has 2 aromatic rings. The van der Waals surface area contributed by atoms with E-state index in [0.717, 1.165) is 5.56 Å². The van der Waals surface area contributed by atoms with Gasteiger partial charge in [0.1, 0.15) is 4.99 Å². The number of nitrogens with one attached hydrogen (secondary N) is 1. The number of nitrogens with two attached hydrogens (primary N) is 1. The van der Waals surface area contributed by atoms with Crippen LogP contribution < -0.4 is 11.1 Å². The van der Waals surface area contributed by atoms with Gasteiger partial charge in [-0.1, -0.05) is 54.7 Å². The molecule has 2 aromatic carbocycles. The van der Waals surface area contributed by atoms with E-state index in [0.29, 0.717) is 17.2 Å². The summed E-state index contributed by atoms with van der Waals surface area (Å²) < 4.78 is 0. The fraction of sp³-hybridized carbons (Fsp3) is 0.0714. The minimum absolute atomic E-state index is 0.687. The second kappa shape index (κ2) is 5.46. The van der Waals surface area contributed by atoms with E-state index in [1.807, 2.05) is 42.5 Å². The predicted molar refractivity (Wildman–Crippen MR) is 75.8 cm³/mol. The van der Waals surface area contributed by atoms with Crippen LogP contribution in [0.1, 0.15) is 11.1 Å². The summed E-state index contributed by atoms with van der Waals surface area (Å²) in [6, 6.07) is 17.8. The topological polar surface area (TPSA) is 38.0 Å². The predicted octanol–water partition coefficient (Wildman–Crippen LogP) is 2.73. The molecular weight excluding hydrogens is 228 g/mol. The molecule has 86 valence electrons. The van der Waals surface area contributed by atoms with E-state index in [-0.39, 0.29) is 0 Å². The summed E-state index contributed by atoms with van der Waals surface area (Å²) >= 11 is 5.32. The number of anilines is 1. The van der Waals surface area contributed by atoms with E-state index in [4.69, 9.17) is 18.0 Å². The van der Waals surface area contributed by atoms with Crippen molar-refractivity contribution >= 4 is 22.9 Å². The molecule has 0 heterocycles. The van der Waals surface area contributed by atoms with Gasteiger partial charge in [0.25, 0.3) is 0 Å². The summed E-state index contributed by atoms with van der Waals surface area (Å²) in [5.74, 6) is 0. The van der Waals surface area contributed by atoms with Crippen molar-refractivity contribution in [2.45, 2.75) is 6.54 Å². The van der Waals surface area contributed by atoms with Gasteiger partial charge in [-0.05, 0) is 17.7 Å². The van der Waals surface area contributed by atoms with Crippen molar-refractivity contribution in [2.75, 3.05) is 5.73 Å². The lowest BCUT2D eigenvalue weighted by Crippen LogP contribution is -2.22. The van der Waals surface area contributed by atoms with E-state index in [2.05, 4.69) is 17.4 Å². The van der Waals surface area contributed by atoms with Crippen molar-refractivity contribution in [3.63, 3.8) is 0 Å². The zero-order valence-electron chi connectivity index (χ0n) is 9.39. The molecule has 0 atom stereocenters. The molecule has 0 aliphatic heterocycles. The Balaban J connectivity index is 2.01. The first-order chi connectivity index (χ1) is 8.27. The highest BCUT2D eigenvalue weighted by atomic mass is 32.1. The zero-order chi connectivity index (χ0) is 12.1. The minimum Gasteiger partial charge on any atom is -0.398 e. The normalized spacial score (nSPS) is 9.88. The molecule has 0 saturated carbocycles. The molecule has 2 nitrogen and oxygen atoms in total. The molecule has 3 heteroatoms. The molecule has 0 fully saturated rings. The number of hydrogen-bond donors (Lipinski definition) is 2. The van der Waals surface area contributed by atoms with E-state index in [9.17, 15) is 0 Å². The summed E-state index contributed by atoms with van der Waals surface area (Å²) in [6.07, 6.45) is 0. The lowest BCUT2D eigenvalue weighted by Gasteiger charge is -2.10. The van der Waals surface area contributed by atoms with Gasteiger partial charge < -0.3 is 11.1 Å².